The van der Waals surface area contributed by atoms with Gasteiger partial charge < -0.3 is 24.8 Å². The number of hydrogen-bond donors (Lipinski definition) is 3. The lowest BCUT2D eigenvalue weighted by Gasteiger charge is -2.38. The minimum absolute atomic E-state index is 0.0271. The second kappa shape index (κ2) is 14.2. The molecule has 1 aliphatic rings. The summed E-state index contributed by atoms with van der Waals surface area (Å²) in [5.74, 6) is 0.00684. The van der Waals surface area contributed by atoms with Crippen LogP contribution in [0.2, 0.25) is 10.0 Å². The number of alkyl carbamates (subject to hydrolysis) is 1. The average molecular weight is 607 g/mol. The van der Waals surface area contributed by atoms with Crippen molar-refractivity contribution in [1.29, 1.82) is 0 Å². The number of piperidine rings is 1. The first kappa shape index (κ1) is 33.4. The van der Waals surface area contributed by atoms with Gasteiger partial charge in [-0.1, -0.05) is 35.9 Å². The summed E-state index contributed by atoms with van der Waals surface area (Å²) in [5.41, 5.74) is 0.0304. The normalized spacial score (nSPS) is 17.2. The van der Waals surface area contributed by atoms with Gasteiger partial charge in [0.2, 0.25) is 0 Å². The summed E-state index contributed by atoms with van der Waals surface area (Å²) >= 11 is 12.7. The van der Waals surface area contributed by atoms with E-state index in [1.807, 2.05) is 20.8 Å². The van der Waals surface area contributed by atoms with Crippen LogP contribution >= 0.6 is 23.2 Å². The molecule has 1 saturated heterocycles. The number of hydrogen-bond acceptors (Lipinski definition) is 6. The molecule has 1 heterocycles. The fourth-order valence-electron chi connectivity index (χ4n) is 4.01. The number of likely N-dealkylation sites (tertiary alicyclic amines) is 1. The van der Waals surface area contributed by atoms with E-state index in [4.69, 9.17) is 32.7 Å². The highest BCUT2D eigenvalue weighted by atomic mass is 35.5. The minimum Gasteiger partial charge on any atom is -0.489 e. The van der Waals surface area contributed by atoms with Crippen LogP contribution in [0.4, 0.5) is 4.79 Å². The third kappa shape index (κ3) is 10.2. The molecule has 0 aromatic heterocycles. The third-order valence-electron chi connectivity index (χ3n) is 5.98. The summed E-state index contributed by atoms with van der Waals surface area (Å²) in [6.45, 7) is 15.3. The van der Waals surface area contributed by atoms with Crippen molar-refractivity contribution in [3.8, 4) is 5.75 Å². The second-order valence-electron chi connectivity index (χ2n) is 11.4. The first-order valence-corrected chi connectivity index (χ1v) is 14.8. The predicted molar refractivity (Wildman–Crippen MR) is 155 cm³/mol. The Hall–Kier alpha value is -1.85. The van der Waals surface area contributed by atoms with Gasteiger partial charge in [-0.3, -0.25) is 4.79 Å². The molecule has 1 aromatic carbocycles. The molecule has 3 N–H and O–H groups in total. The number of carbonyl (C=O) groups excluding carboxylic acids is 2. The maximum atomic E-state index is 13.2. The molecule has 9 nitrogen and oxygen atoms in total. The third-order valence-corrected chi connectivity index (χ3v) is 8.28. The van der Waals surface area contributed by atoms with Crippen LogP contribution in [0.3, 0.4) is 0 Å². The Morgan fingerprint density at radius 2 is 1.77 bits per heavy atom. The standard InChI is InChI=1S/C27H41Cl2N3O6S/c1-8-13-37-22-15-20(29)19(28)14-18(22)23(31-39(36)27(5,6)7)17-9-11-32(12-10-17)24(34)21(33)16-30-25(35)38-26(2,3)4/h8,14-15,17,21,23,31,33H,1,9-13,16H2,2-7H3,(H,30,35)/t21-,23+,39?/m0/s1. The molecule has 3 atom stereocenters. The molecule has 2 amide bonds. The molecule has 1 aromatic rings. The minimum atomic E-state index is -1.41. The number of aliphatic hydroxyl groups excluding tert-OH is 1. The van der Waals surface area contributed by atoms with Gasteiger partial charge in [0.1, 0.15) is 24.1 Å². The summed E-state index contributed by atoms with van der Waals surface area (Å²) in [4.78, 5) is 26.3. The number of nitrogens with one attached hydrogen (secondary N) is 2. The number of carbonyl (C=O) groups is 2. The zero-order valence-corrected chi connectivity index (χ0v) is 25.8. The van der Waals surface area contributed by atoms with Gasteiger partial charge in [0.05, 0.1) is 38.4 Å². The molecule has 39 heavy (non-hydrogen) atoms. The molecule has 0 aliphatic carbocycles. The van der Waals surface area contributed by atoms with Crippen molar-refractivity contribution < 1.29 is 28.4 Å². The average Bonchev–Trinajstić information content (AvgIpc) is 2.84. The van der Waals surface area contributed by atoms with Crippen LogP contribution in [-0.4, -0.2) is 68.9 Å². The van der Waals surface area contributed by atoms with E-state index in [0.717, 1.165) is 5.56 Å². The monoisotopic (exact) mass is 605 g/mol. The van der Waals surface area contributed by atoms with Crippen LogP contribution in [0.15, 0.2) is 24.8 Å². The first-order chi connectivity index (χ1) is 18.0. The van der Waals surface area contributed by atoms with Gasteiger partial charge in [-0.15, -0.1) is 0 Å². The van der Waals surface area contributed by atoms with Crippen LogP contribution in [0.25, 0.3) is 0 Å². The Labute approximate surface area is 244 Å². The topological polar surface area (TPSA) is 117 Å². The molecule has 0 radical (unpaired) electrons. The summed E-state index contributed by atoms with van der Waals surface area (Å²) in [6, 6.07) is 2.96. The number of amides is 2. The van der Waals surface area contributed by atoms with Gasteiger partial charge in [0.15, 0.2) is 0 Å². The van der Waals surface area contributed by atoms with Gasteiger partial charge in [-0.2, -0.15) is 0 Å². The number of benzene rings is 1. The number of nitrogens with zero attached hydrogens (tertiary/aromatic N) is 1. The van der Waals surface area contributed by atoms with Crippen molar-refractivity contribution in [1.82, 2.24) is 14.9 Å². The predicted octanol–water partition coefficient (Wildman–Crippen LogP) is 4.78. The lowest BCUT2D eigenvalue weighted by molar-refractivity contribution is -0.141. The second-order valence-corrected chi connectivity index (χ2v) is 14.3. The zero-order chi connectivity index (χ0) is 29.5. The van der Waals surface area contributed by atoms with E-state index in [1.165, 1.54) is 0 Å². The Balaban J connectivity index is 2.18. The fraction of sp³-hybridized carbons (Fsp3) is 0.630. The smallest absolute Gasteiger partial charge is 0.407 e. The summed E-state index contributed by atoms with van der Waals surface area (Å²) in [7, 11) is -1.41. The Bertz CT molecular complexity index is 1050. The molecule has 12 heteroatoms. The van der Waals surface area contributed by atoms with Gasteiger partial charge >= 0.3 is 6.09 Å². The quantitative estimate of drug-likeness (QED) is 0.331. The molecular formula is C27H41Cl2N3O6S. The maximum Gasteiger partial charge on any atom is 0.407 e. The molecule has 1 unspecified atom stereocenters. The largest absolute Gasteiger partial charge is 0.489 e. The van der Waals surface area contributed by atoms with Gasteiger partial charge in [0, 0.05) is 24.7 Å². The van der Waals surface area contributed by atoms with Crippen molar-refractivity contribution in [2.75, 3.05) is 26.2 Å². The Morgan fingerprint density at radius 1 is 1.18 bits per heavy atom. The van der Waals surface area contributed by atoms with Crippen molar-refractivity contribution in [3.63, 3.8) is 0 Å². The number of ether oxygens (including phenoxy) is 2. The van der Waals surface area contributed by atoms with E-state index < -0.39 is 45.5 Å². The SMILES string of the molecule is C=CCOc1cc(Cl)c(Cl)cc1[C@H](NS(=O)C(C)(C)C)C1CCN(C(=O)[C@@H](O)CNC(=O)OC(C)(C)C)CC1. The lowest BCUT2D eigenvalue weighted by Crippen LogP contribution is -2.49. The molecule has 1 aliphatic heterocycles. The van der Waals surface area contributed by atoms with E-state index in [2.05, 4.69) is 16.6 Å². The van der Waals surface area contributed by atoms with Crippen LogP contribution in [0.5, 0.6) is 5.75 Å². The van der Waals surface area contributed by atoms with Gasteiger partial charge in [0.25, 0.3) is 5.91 Å². The van der Waals surface area contributed by atoms with Crippen LogP contribution in [-0.2, 0) is 20.5 Å². The van der Waals surface area contributed by atoms with Crippen LogP contribution in [0.1, 0.15) is 66.0 Å². The number of halogens is 2. The molecule has 0 spiro atoms. The molecule has 2 rings (SSSR count). The summed E-state index contributed by atoms with van der Waals surface area (Å²) in [6.07, 6.45) is 0.654. The molecular weight excluding hydrogens is 565 g/mol. The van der Waals surface area contributed by atoms with Crippen LogP contribution in [0, 0.1) is 5.92 Å². The summed E-state index contributed by atoms with van der Waals surface area (Å²) in [5, 5.41) is 13.5. The van der Waals surface area contributed by atoms with E-state index in [1.54, 1.807) is 43.9 Å². The Kier molecular flexibility index (Phi) is 12.1. The number of aliphatic hydroxyl groups is 1. The molecule has 1 fully saturated rings. The van der Waals surface area contributed by atoms with Crippen molar-refractivity contribution in [3.05, 3.63) is 40.4 Å². The maximum absolute atomic E-state index is 13.2. The zero-order valence-electron chi connectivity index (χ0n) is 23.5. The molecule has 0 bridgehead atoms. The van der Waals surface area contributed by atoms with E-state index in [9.17, 15) is 18.9 Å². The molecule has 220 valence electrons. The molecule has 0 saturated carbocycles. The highest BCUT2D eigenvalue weighted by Crippen LogP contribution is 2.40. The fourth-order valence-corrected chi connectivity index (χ4v) is 5.24. The van der Waals surface area contributed by atoms with Crippen LogP contribution < -0.4 is 14.8 Å². The van der Waals surface area contributed by atoms with E-state index in [0.29, 0.717) is 41.7 Å². The summed E-state index contributed by atoms with van der Waals surface area (Å²) < 4.78 is 27.0. The number of rotatable bonds is 10. The van der Waals surface area contributed by atoms with E-state index in [-0.39, 0.29) is 19.1 Å². The lowest BCUT2D eigenvalue weighted by atomic mass is 9.85. The van der Waals surface area contributed by atoms with Gasteiger partial charge in [-0.25, -0.2) is 13.7 Å². The van der Waals surface area contributed by atoms with Crippen molar-refractivity contribution >= 4 is 46.2 Å². The highest BCUT2D eigenvalue weighted by molar-refractivity contribution is 7.84. The first-order valence-electron chi connectivity index (χ1n) is 12.9. The highest BCUT2D eigenvalue weighted by Gasteiger charge is 2.35. The van der Waals surface area contributed by atoms with E-state index >= 15 is 0 Å². The van der Waals surface area contributed by atoms with Crippen molar-refractivity contribution in [2.24, 2.45) is 5.92 Å². The van der Waals surface area contributed by atoms with Gasteiger partial charge in [-0.05, 0) is 66.4 Å². The Morgan fingerprint density at radius 3 is 2.31 bits per heavy atom. The van der Waals surface area contributed by atoms with Crippen molar-refractivity contribution in [2.45, 2.75) is 76.9 Å².